The maximum atomic E-state index is 3.98. The molecule has 2 fully saturated rings. The van der Waals surface area contributed by atoms with E-state index < -0.39 is 0 Å². The molecule has 0 amide bonds. The summed E-state index contributed by atoms with van der Waals surface area (Å²) in [5.74, 6) is 4.50. The van der Waals surface area contributed by atoms with E-state index in [0.717, 1.165) is 29.6 Å². The summed E-state index contributed by atoms with van der Waals surface area (Å²) in [5.41, 5.74) is 3.08. The third-order valence-electron chi connectivity index (χ3n) is 5.87. The summed E-state index contributed by atoms with van der Waals surface area (Å²) in [4.78, 5) is 0. The van der Waals surface area contributed by atoms with Crippen LogP contribution >= 0.6 is 0 Å². The molecule has 4 aliphatic rings. The van der Waals surface area contributed by atoms with Gasteiger partial charge in [0.15, 0.2) is 0 Å². The average Bonchev–Trinajstić information content (AvgIpc) is 3.25. The summed E-state index contributed by atoms with van der Waals surface area (Å²) in [7, 11) is 0. The Balaban J connectivity index is 0.000000131. The van der Waals surface area contributed by atoms with Crippen LogP contribution in [0, 0.1) is 29.6 Å². The SMILES string of the molecule is C=C(C)CC1CC2C=CC1C2.CCC/C=C1\CC2C=CC1C2. The molecule has 0 aromatic carbocycles. The molecule has 0 aromatic heterocycles. The first-order valence-corrected chi connectivity index (χ1v) is 9.35. The van der Waals surface area contributed by atoms with Crippen LogP contribution in [-0.4, -0.2) is 0 Å². The first-order valence-electron chi connectivity index (χ1n) is 9.35. The first kappa shape index (κ1) is 15.8. The number of allylic oxidation sites excluding steroid dienone is 7. The maximum absolute atomic E-state index is 3.98. The molecule has 0 heteroatoms. The van der Waals surface area contributed by atoms with Gasteiger partial charge in [-0.05, 0) is 75.0 Å². The van der Waals surface area contributed by atoms with Crippen LogP contribution < -0.4 is 0 Å². The van der Waals surface area contributed by atoms with Crippen LogP contribution in [0.15, 0.2) is 48.1 Å². The molecule has 4 aliphatic carbocycles. The molecule has 5 unspecified atom stereocenters. The molecule has 0 N–H and O–H groups in total. The van der Waals surface area contributed by atoms with Crippen molar-refractivity contribution in [3.8, 4) is 0 Å². The standard InChI is InChI=1S/2C11H16/c1-8(2)5-11-7-9-3-4-10(11)6-9;1-2-3-4-10-7-9-5-6-11(10)8-9/h3-4,9-11H,1,5-7H2,2H3;4-6,9,11H,2-3,7-8H2,1H3/b;10-4+. The van der Waals surface area contributed by atoms with Crippen LogP contribution in [0.2, 0.25) is 0 Å². The lowest BCUT2D eigenvalue weighted by molar-refractivity contribution is 0.445. The maximum Gasteiger partial charge on any atom is -0.00173 e. The van der Waals surface area contributed by atoms with E-state index in [2.05, 4.69) is 50.8 Å². The van der Waals surface area contributed by atoms with Crippen LogP contribution in [0.25, 0.3) is 0 Å². The van der Waals surface area contributed by atoms with Crippen LogP contribution in [0.3, 0.4) is 0 Å². The minimum atomic E-state index is 0.839. The molecule has 0 aliphatic heterocycles. The normalized spacial score (nSPS) is 38.6. The Hall–Kier alpha value is -1.04. The van der Waals surface area contributed by atoms with Crippen molar-refractivity contribution < 1.29 is 0 Å². The Kier molecular flexibility index (Phi) is 5.06. The Morgan fingerprint density at radius 3 is 2.45 bits per heavy atom. The lowest BCUT2D eigenvalue weighted by Gasteiger charge is -2.17. The zero-order valence-corrected chi connectivity index (χ0v) is 14.4. The smallest absolute Gasteiger partial charge is 0.00173 e. The van der Waals surface area contributed by atoms with Crippen molar-refractivity contribution in [1.29, 1.82) is 0 Å². The zero-order chi connectivity index (χ0) is 15.5. The molecule has 0 radical (unpaired) electrons. The highest BCUT2D eigenvalue weighted by molar-refractivity contribution is 5.26. The molecule has 22 heavy (non-hydrogen) atoms. The summed E-state index contributed by atoms with van der Waals surface area (Å²) >= 11 is 0. The second-order valence-corrected chi connectivity index (χ2v) is 7.96. The van der Waals surface area contributed by atoms with Crippen molar-refractivity contribution >= 4 is 0 Å². The van der Waals surface area contributed by atoms with Gasteiger partial charge in [-0.2, -0.15) is 0 Å². The number of hydrogen-bond acceptors (Lipinski definition) is 0. The lowest BCUT2D eigenvalue weighted by atomic mass is 9.88. The highest BCUT2D eigenvalue weighted by Crippen LogP contribution is 2.45. The predicted octanol–water partition coefficient (Wildman–Crippen LogP) is 6.47. The van der Waals surface area contributed by atoms with Crippen LogP contribution in [0.1, 0.15) is 58.8 Å². The third kappa shape index (κ3) is 3.65. The Bertz CT molecular complexity index is 490. The van der Waals surface area contributed by atoms with Crippen molar-refractivity contribution in [2.24, 2.45) is 29.6 Å². The van der Waals surface area contributed by atoms with E-state index in [4.69, 9.17) is 0 Å². The topological polar surface area (TPSA) is 0 Å². The molecule has 0 spiro atoms. The number of unbranched alkanes of at least 4 members (excludes halogenated alkanes) is 1. The van der Waals surface area contributed by atoms with Crippen molar-refractivity contribution in [2.75, 3.05) is 0 Å². The molecule has 0 aromatic rings. The minimum Gasteiger partial charge on any atom is -0.100 e. The van der Waals surface area contributed by atoms with E-state index in [-0.39, 0.29) is 0 Å². The van der Waals surface area contributed by atoms with Gasteiger partial charge in [-0.1, -0.05) is 54.9 Å². The van der Waals surface area contributed by atoms with E-state index in [1.54, 1.807) is 5.57 Å². The van der Waals surface area contributed by atoms with Gasteiger partial charge in [-0.25, -0.2) is 0 Å². The molecule has 0 heterocycles. The quantitative estimate of drug-likeness (QED) is 0.521. The molecule has 0 nitrogen and oxygen atoms in total. The summed E-state index contributed by atoms with van der Waals surface area (Å²) in [6, 6.07) is 0. The molecule has 0 saturated heterocycles. The Morgan fingerprint density at radius 1 is 1.14 bits per heavy atom. The highest BCUT2D eigenvalue weighted by Gasteiger charge is 2.35. The van der Waals surface area contributed by atoms with Crippen molar-refractivity contribution in [3.63, 3.8) is 0 Å². The van der Waals surface area contributed by atoms with Gasteiger partial charge in [0.05, 0.1) is 0 Å². The van der Waals surface area contributed by atoms with E-state index in [9.17, 15) is 0 Å². The molecule has 4 bridgehead atoms. The van der Waals surface area contributed by atoms with Gasteiger partial charge in [0.1, 0.15) is 0 Å². The summed E-state index contributed by atoms with van der Waals surface area (Å²) < 4.78 is 0. The number of hydrogen-bond donors (Lipinski definition) is 0. The Labute approximate surface area is 137 Å². The molecule has 4 rings (SSSR count). The van der Waals surface area contributed by atoms with E-state index in [0.29, 0.717) is 0 Å². The molecular weight excluding hydrogens is 264 g/mol. The van der Waals surface area contributed by atoms with E-state index in [1.807, 2.05) is 0 Å². The Morgan fingerprint density at radius 2 is 1.95 bits per heavy atom. The summed E-state index contributed by atoms with van der Waals surface area (Å²) in [5, 5.41) is 0. The molecule has 5 atom stereocenters. The first-order chi connectivity index (χ1) is 10.7. The van der Waals surface area contributed by atoms with Gasteiger partial charge in [-0.15, -0.1) is 6.58 Å². The predicted molar refractivity (Wildman–Crippen MR) is 96.6 cm³/mol. The molecular formula is C22H32. The van der Waals surface area contributed by atoms with Gasteiger partial charge >= 0.3 is 0 Å². The fraction of sp³-hybridized carbons (Fsp3) is 0.636. The van der Waals surface area contributed by atoms with E-state index in [1.165, 1.54) is 50.5 Å². The largest absolute Gasteiger partial charge is 0.100 e. The minimum absolute atomic E-state index is 0.839. The highest BCUT2D eigenvalue weighted by atomic mass is 14.4. The van der Waals surface area contributed by atoms with Gasteiger partial charge in [-0.3, -0.25) is 0 Å². The van der Waals surface area contributed by atoms with Gasteiger partial charge < -0.3 is 0 Å². The van der Waals surface area contributed by atoms with E-state index >= 15 is 0 Å². The lowest BCUT2D eigenvalue weighted by Crippen LogP contribution is -2.06. The third-order valence-corrected chi connectivity index (χ3v) is 5.87. The fourth-order valence-corrected chi connectivity index (χ4v) is 4.80. The average molecular weight is 296 g/mol. The number of fused-ring (bicyclic) bond motifs is 4. The molecule has 120 valence electrons. The number of rotatable bonds is 4. The van der Waals surface area contributed by atoms with Crippen molar-refractivity contribution in [1.82, 2.24) is 0 Å². The van der Waals surface area contributed by atoms with Crippen molar-refractivity contribution in [3.05, 3.63) is 48.1 Å². The zero-order valence-electron chi connectivity index (χ0n) is 14.4. The van der Waals surface area contributed by atoms with Gasteiger partial charge in [0.2, 0.25) is 0 Å². The van der Waals surface area contributed by atoms with Gasteiger partial charge in [0.25, 0.3) is 0 Å². The van der Waals surface area contributed by atoms with Crippen LogP contribution in [-0.2, 0) is 0 Å². The molecule has 2 saturated carbocycles. The fourth-order valence-electron chi connectivity index (χ4n) is 4.80. The summed E-state index contributed by atoms with van der Waals surface area (Å²) in [6.07, 6.45) is 21.5. The monoisotopic (exact) mass is 296 g/mol. The van der Waals surface area contributed by atoms with Gasteiger partial charge in [0, 0.05) is 0 Å². The second kappa shape index (κ2) is 7.02. The summed E-state index contributed by atoms with van der Waals surface area (Å²) in [6.45, 7) is 8.38. The second-order valence-electron chi connectivity index (χ2n) is 7.96. The van der Waals surface area contributed by atoms with Crippen molar-refractivity contribution in [2.45, 2.75) is 58.8 Å². The van der Waals surface area contributed by atoms with Crippen LogP contribution in [0.4, 0.5) is 0 Å². The van der Waals surface area contributed by atoms with Crippen LogP contribution in [0.5, 0.6) is 0 Å².